The van der Waals surface area contributed by atoms with Gasteiger partial charge in [0.2, 0.25) is 5.91 Å². The number of aliphatic hydroxyl groups excluding tert-OH is 1. The maximum absolute atomic E-state index is 12.6. The Morgan fingerprint density at radius 1 is 1.17 bits per heavy atom. The average molecular weight is 351 g/mol. The molecule has 0 spiro atoms. The molecule has 2 atom stereocenters. The third-order valence-corrected chi connectivity index (χ3v) is 5.58. The Labute approximate surface area is 149 Å². The van der Waals surface area contributed by atoms with Gasteiger partial charge in [-0.3, -0.25) is 4.79 Å². The van der Waals surface area contributed by atoms with Crippen molar-refractivity contribution >= 4 is 17.5 Å². The summed E-state index contributed by atoms with van der Waals surface area (Å²) in [5.41, 5.74) is 0.951. The highest BCUT2D eigenvalue weighted by molar-refractivity contribution is 6.30. The van der Waals surface area contributed by atoms with Crippen LogP contribution in [0.3, 0.4) is 0 Å². The summed E-state index contributed by atoms with van der Waals surface area (Å²) < 4.78 is 0. The number of nitrogens with zero attached hydrogens (tertiary/aromatic N) is 2. The van der Waals surface area contributed by atoms with E-state index in [1.54, 1.807) is 0 Å². The average Bonchev–Trinajstić information content (AvgIpc) is 2.99. The molecule has 4 nitrogen and oxygen atoms in total. The van der Waals surface area contributed by atoms with Crippen molar-refractivity contribution in [3.05, 3.63) is 34.9 Å². The van der Waals surface area contributed by atoms with Gasteiger partial charge in [0.25, 0.3) is 0 Å². The van der Waals surface area contributed by atoms with Gasteiger partial charge in [-0.05, 0) is 49.5 Å². The number of aliphatic hydroxyl groups is 1. The van der Waals surface area contributed by atoms with Gasteiger partial charge in [0, 0.05) is 37.2 Å². The number of carbonyl (C=O) groups excluding carboxylic acids is 1. The van der Waals surface area contributed by atoms with E-state index < -0.39 is 0 Å². The minimum atomic E-state index is 0.136. The highest BCUT2D eigenvalue weighted by Gasteiger charge is 2.35. The predicted molar refractivity (Wildman–Crippen MR) is 96.1 cm³/mol. The Hall–Kier alpha value is -1.10. The zero-order chi connectivity index (χ0) is 16.9. The Morgan fingerprint density at radius 2 is 1.92 bits per heavy atom. The first-order valence-corrected chi connectivity index (χ1v) is 9.39. The van der Waals surface area contributed by atoms with Crippen LogP contribution in [0.5, 0.6) is 0 Å². The minimum Gasteiger partial charge on any atom is -0.396 e. The van der Waals surface area contributed by atoms with Crippen LogP contribution in [-0.2, 0) is 11.2 Å². The van der Waals surface area contributed by atoms with E-state index in [1.807, 2.05) is 29.2 Å². The van der Waals surface area contributed by atoms with E-state index in [-0.39, 0.29) is 18.4 Å². The summed E-state index contributed by atoms with van der Waals surface area (Å²) in [7, 11) is 0. The van der Waals surface area contributed by atoms with Gasteiger partial charge in [-0.25, -0.2) is 0 Å². The Morgan fingerprint density at radius 3 is 2.62 bits per heavy atom. The molecule has 2 aliphatic rings. The van der Waals surface area contributed by atoms with E-state index in [0.717, 1.165) is 31.7 Å². The Bertz CT molecular complexity index is 560. The minimum absolute atomic E-state index is 0.136. The second-order valence-corrected chi connectivity index (χ2v) is 7.61. The molecule has 1 amide bonds. The van der Waals surface area contributed by atoms with Crippen molar-refractivity contribution in [3.8, 4) is 0 Å². The normalized spacial score (nSPS) is 25.2. The van der Waals surface area contributed by atoms with Crippen molar-refractivity contribution < 1.29 is 9.90 Å². The number of likely N-dealkylation sites (tertiary alicyclic amines) is 2. The van der Waals surface area contributed by atoms with Crippen LogP contribution in [0, 0.1) is 11.8 Å². The zero-order valence-electron chi connectivity index (χ0n) is 14.2. The lowest BCUT2D eigenvalue weighted by atomic mass is 9.95. The third-order valence-electron chi connectivity index (χ3n) is 5.35. The fourth-order valence-corrected chi connectivity index (χ4v) is 4.18. The summed E-state index contributed by atoms with van der Waals surface area (Å²) in [5.74, 6) is 0.725. The SMILES string of the molecule is O=C(Cc1cccc(Cl)c1)N1C[C@@H](CN2CCCCC2)[C@@H](CO)C1. The number of benzene rings is 1. The fourth-order valence-electron chi connectivity index (χ4n) is 3.96. The van der Waals surface area contributed by atoms with Gasteiger partial charge < -0.3 is 14.9 Å². The van der Waals surface area contributed by atoms with Gasteiger partial charge >= 0.3 is 0 Å². The number of rotatable bonds is 5. The Balaban J connectivity index is 1.57. The quantitative estimate of drug-likeness (QED) is 0.887. The molecule has 1 aromatic rings. The zero-order valence-corrected chi connectivity index (χ0v) is 14.9. The largest absolute Gasteiger partial charge is 0.396 e. The van der Waals surface area contributed by atoms with Crippen molar-refractivity contribution in [1.29, 1.82) is 0 Å². The van der Waals surface area contributed by atoms with Gasteiger partial charge in [0.05, 0.1) is 6.42 Å². The van der Waals surface area contributed by atoms with Gasteiger partial charge in [0.1, 0.15) is 0 Å². The number of halogens is 1. The summed E-state index contributed by atoms with van der Waals surface area (Å²) in [6.07, 6.45) is 4.26. The van der Waals surface area contributed by atoms with Crippen LogP contribution in [-0.4, -0.2) is 60.1 Å². The molecule has 0 unspecified atom stereocenters. The molecule has 0 bridgehead atoms. The van der Waals surface area contributed by atoms with E-state index in [1.165, 1.54) is 19.3 Å². The molecule has 1 aromatic carbocycles. The van der Waals surface area contributed by atoms with E-state index in [2.05, 4.69) is 4.90 Å². The summed E-state index contributed by atoms with van der Waals surface area (Å²) >= 11 is 6.00. The predicted octanol–water partition coefficient (Wildman–Crippen LogP) is 2.44. The molecule has 2 fully saturated rings. The topological polar surface area (TPSA) is 43.8 Å². The van der Waals surface area contributed by atoms with Crippen molar-refractivity contribution in [2.24, 2.45) is 11.8 Å². The van der Waals surface area contributed by atoms with Crippen LogP contribution in [0.25, 0.3) is 0 Å². The molecule has 2 aliphatic heterocycles. The molecule has 2 heterocycles. The van der Waals surface area contributed by atoms with Crippen LogP contribution in [0.2, 0.25) is 5.02 Å². The van der Waals surface area contributed by atoms with Gasteiger partial charge in [0.15, 0.2) is 0 Å². The first-order valence-electron chi connectivity index (χ1n) is 9.01. The maximum Gasteiger partial charge on any atom is 0.227 e. The van der Waals surface area contributed by atoms with E-state index >= 15 is 0 Å². The summed E-state index contributed by atoms with van der Waals surface area (Å²) in [4.78, 5) is 17.0. The molecular formula is C19H27ClN2O2. The van der Waals surface area contributed by atoms with Crippen molar-refractivity contribution in [2.75, 3.05) is 39.3 Å². The lowest BCUT2D eigenvalue weighted by Gasteiger charge is -2.30. The Kier molecular flexibility index (Phi) is 6.14. The lowest BCUT2D eigenvalue weighted by molar-refractivity contribution is -0.129. The summed E-state index contributed by atoms with van der Waals surface area (Å²) in [5, 5.41) is 10.4. The molecule has 2 saturated heterocycles. The molecule has 1 N–H and O–H groups in total. The van der Waals surface area contributed by atoms with Crippen LogP contribution in [0.1, 0.15) is 24.8 Å². The molecule has 132 valence electrons. The fraction of sp³-hybridized carbons (Fsp3) is 0.632. The molecule has 0 saturated carbocycles. The van der Waals surface area contributed by atoms with Crippen LogP contribution in [0.15, 0.2) is 24.3 Å². The number of amides is 1. The molecule has 3 rings (SSSR count). The number of piperidine rings is 1. The second kappa shape index (κ2) is 8.32. The number of hydrogen-bond acceptors (Lipinski definition) is 3. The smallest absolute Gasteiger partial charge is 0.227 e. The molecule has 0 aromatic heterocycles. The van der Waals surface area contributed by atoms with Crippen molar-refractivity contribution in [3.63, 3.8) is 0 Å². The third kappa shape index (κ3) is 4.50. The van der Waals surface area contributed by atoms with E-state index in [9.17, 15) is 9.90 Å². The first-order chi connectivity index (χ1) is 11.7. The first kappa shape index (κ1) is 17.7. The second-order valence-electron chi connectivity index (χ2n) is 7.17. The molecule has 24 heavy (non-hydrogen) atoms. The van der Waals surface area contributed by atoms with Crippen molar-refractivity contribution in [2.45, 2.75) is 25.7 Å². The molecule has 0 aliphatic carbocycles. The maximum atomic E-state index is 12.6. The highest BCUT2D eigenvalue weighted by atomic mass is 35.5. The van der Waals surface area contributed by atoms with E-state index in [4.69, 9.17) is 11.6 Å². The van der Waals surface area contributed by atoms with Gasteiger partial charge in [-0.15, -0.1) is 0 Å². The molecular weight excluding hydrogens is 324 g/mol. The summed E-state index contributed by atoms with van der Waals surface area (Å²) in [6.45, 7) is 4.93. The molecule has 5 heteroatoms. The van der Waals surface area contributed by atoms with Gasteiger partial charge in [-0.1, -0.05) is 30.2 Å². The number of hydrogen-bond donors (Lipinski definition) is 1. The summed E-state index contributed by atoms with van der Waals surface area (Å²) in [6, 6.07) is 7.49. The van der Waals surface area contributed by atoms with Gasteiger partial charge in [-0.2, -0.15) is 0 Å². The standard InChI is InChI=1S/C19H27ClN2O2/c20-18-6-4-5-15(9-18)10-19(24)22-12-16(17(13-22)14-23)11-21-7-2-1-3-8-21/h4-6,9,16-17,23H,1-3,7-8,10-14H2/t16-,17-/m1/s1. The van der Waals surface area contributed by atoms with Crippen LogP contribution in [0.4, 0.5) is 0 Å². The number of carbonyl (C=O) groups is 1. The van der Waals surface area contributed by atoms with E-state index in [0.29, 0.717) is 23.9 Å². The highest BCUT2D eigenvalue weighted by Crippen LogP contribution is 2.26. The van der Waals surface area contributed by atoms with Crippen LogP contribution < -0.4 is 0 Å². The molecule has 0 radical (unpaired) electrons. The van der Waals surface area contributed by atoms with Crippen molar-refractivity contribution in [1.82, 2.24) is 9.80 Å². The monoisotopic (exact) mass is 350 g/mol. The lowest BCUT2D eigenvalue weighted by Crippen LogP contribution is -2.37. The van der Waals surface area contributed by atoms with Crippen LogP contribution >= 0.6 is 11.6 Å².